The predicted octanol–water partition coefficient (Wildman–Crippen LogP) is 5.27. The molecule has 0 amide bonds. The van der Waals surface area contributed by atoms with Crippen LogP contribution >= 0.6 is 23.1 Å². The highest BCUT2D eigenvalue weighted by atomic mass is 32.2. The molecule has 0 saturated heterocycles. The van der Waals surface area contributed by atoms with Gasteiger partial charge in [-0.3, -0.25) is 9.36 Å². The van der Waals surface area contributed by atoms with E-state index < -0.39 is 11.6 Å². The largest absolute Gasteiger partial charge is 0.286 e. The van der Waals surface area contributed by atoms with Crippen LogP contribution in [0.3, 0.4) is 0 Å². The van der Waals surface area contributed by atoms with Gasteiger partial charge in [-0.15, -0.1) is 11.3 Å². The van der Waals surface area contributed by atoms with Crippen molar-refractivity contribution in [2.75, 3.05) is 0 Å². The summed E-state index contributed by atoms with van der Waals surface area (Å²) in [6.45, 7) is 0.470. The Kier molecular flexibility index (Phi) is 5.54. The van der Waals surface area contributed by atoms with E-state index in [1.54, 1.807) is 10.6 Å². The van der Waals surface area contributed by atoms with Gasteiger partial charge in [0.1, 0.15) is 16.3 Å². The smallest absolute Gasteiger partial charge is 0.272 e. The Morgan fingerprint density at radius 1 is 1.07 bits per heavy atom. The Hall–Kier alpha value is -2.51. The summed E-state index contributed by atoms with van der Waals surface area (Å²) < 4.78 is 29.6. The molecule has 0 aliphatic heterocycles. The van der Waals surface area contributed by atoms with Gasteiger partial charge in [-0.25, -0.2) is 13.8 Å². The van der Waals surface area contributed by atoms with Crippen LogP contribution < -0.4 is 5.56 Å². The molecule has 3 nitrogen and oxygen atoms in total. The Morgan fingerprint density at radius 2 is 1.89 bits per heavy atom. The summed E-state index contributed by atoms with van der Waals surface area (Å²) in [6, 6.07) is 15.1. The minimum absolute atomic E-state index is 0.0989. The third kappa shape index (κ3) is 4.00. The van der Waals surface area contributed by atoms with Crippen molar-refractivity contribution in [3.05, 3.63) is 93.1 Å². The zero-order chi connectivity index (χ0) is 19.5. The van der Waals surface area contributed by atoms with E-state index >= 15 is 0 Å². The fourth-order valence-electron chi connectivity index (χ4n) is 2.91. The number of halogens is 2. The Morgan fingerprint density at radius 3 is 2.71 bits per heavy atom. The van der Waals surface area contributed by atoms with E-state index in [9.17, 15) is 13.6 Å². The standard InChI is InChI=1S/C21H16F2N2OS2/c22-16-6-7-17(23)15(12-16)13-28-21-24-18-9-11-27-19(18)20(26)25(21)10-8-14-4-2-1-3-5-14/h1-7,9,11-12H,8,10,13H2. The molecule has 142 valence electrons. The molecule has 0 aliphatic carbocycles. The molecule has 0 unspecified atom stereocenters. The van der Waals surface area contributed by atoms with Crippen molar-refractivity contribution >= 4 is 33.3 Å². The van der Waals surface area contributed by atoms with Gasteiger partial charge in [0.2, 0.25) is 0 Å². The normalized spacial score (nSPS) is 11.2. The van der Waals surface area contributed by atoms with Crippen molar-refractivity contribution < 1.29 is 8.78 Å². The molecule has 0 atom stereocenters. The van der Waals surface area contributed by atoms with Crippen molar-refractivity contribution in [2.24, 2.45) is 0 Å². The summed E-state index contributed by atoms with van der Waals surface area (Å²) >= 11 is 2.60. The van der Waals surface area contributed by atoms with E-state index in [1.165, 1.54) is 29.2 Å². The molecular formula is C21H16F2N2OS2. The SMILES string of the molecule is O=c1c2sccc2nc(SCc2cc(F)ccc2F)n1CCc1ccccc1. The van der Waals surface area contributed by atoms with Crippen LogP contribution in [-0.2, 0) is 18.7 Å². The fourth-order valence-corrected chi connectivity index (χ4v) is 4.69. The Bertz CT molecular complexity index is 1170. The average molecular weight is 415 g/mol. The second kappa shape index (κ2) is 8.24. The number of thioether (sulfide) groups is 1. The first-order valence-corrected chi connectivity index (χ1v) is 10.6. The van der Waals surface area contributed by atoms with E-state index in [0.717, 1.165) is 17.7 Å². The monoisotopic (exact) mass is 414 g/mol. The van der Waals surface area contributed by atoms with Crippen molar-refractivity contribution in [1.82, 2.24) is 9.55 Å². The van der Waals surface area contributed by atoms with Crippen LogP contribution in [0.5, 0.6) is 0 Å². The maximum Gasteiger partial charge on any atom is 0.272 e. The molecule has 0 fully saturated rings. The lowest BCUT2D eigenvalue weighted by atomic mass is 10.1. The minimum Gasteiger partial charge on any atom is -0.286 e. The molecule has 0 radical (unpaired) electrons. The highest BCUT2D eigenvalue weighted by Crippen LogP contribution is 2.25. The number of hydrogen-bond acceptors (Lipinski definition) is 4. The molecule has 2 aromatic heterocycles. The predicted molar refractivity (Wildman–Crippen MR) is 110 cm³/mol. The zero-order valence-corrected chi connectivity index (χ0v) is 16.4. The molecule has 2 aromatic carbocycles. The van der Waals surface area contributed by atoms with Crippen molar-refractivity contribution in [1.29, 1.82) is 0 Å². The van der Waals surface area contributed by atoms with Crippen molar-refractivity contribution in [3.63, 3.8) is 0 Å². The first kappa shape index (κ1) is 18.8. The van der Waals surface area contributed by atoms with E-state index in [-0.39, 0.29) is 16.9 Å². The second-order valence-electron chi connectivity index (χ2n) is 6.25. The summed E-state index contributed by atoms with van der Waals surface area (Å²) in [4.78, 5) is 17.5. The van der Waals surface area contributed by atoms with Crippen LogP contribution in [0.25, 0.3) is 10.2 Å². The maximum atomic E-state index is 14.0. The quantitative estimate of drug-likeness (QED) is 0.318. The van der Waals surface area contributed by atoms with E-state index in [2.05, 4.69) is 4.98 Å². The molecular weight excluding hydrogens is 398 g/mol. The Labute approximate surface area is 168 Å². The molecule has 0 spiro atoms. The van der Waals surface area contributed by atoms with Crippen LogP contribution in [0.15, 0.2) is 69.9 Å². The van der Waals surface area contributed by atoms with Gasteiger partial charge in [0.25, 0.3) is 5.56 Å². The fraction of sp³-hybridized carbons (Fsp3) is 0.143. The molecule has 0 bridgehead atoms. The number of aromatic nitrogens is 2. The summed E-state index contributed by atoms with van der Waals surface area (Å²) in [5, 5.41) is 2.34. The lowest BCUT2D eigenvalue weighted by molar-refractivity contribution is 0.588. The van der Waals surface area contributed by atoms with Gasteiger partial charge in [0.15, 0.2) is 5.16 Å². The van der Waals surface area contributed by atoms with Crippen LogP contribution in [-0.4, -0.2) is 9.55 Å². The minimum atomic E-state index is -0.486. The summed E-state index contributed by atoms with van der Waals surface area (Å²) in [5.74, 6) is -0.764. The first-order valence-electron chi connectivity index (χ1n) is 8.70. The molecule has 2 heterocycles. The topological polar surface area (TPSA) is 34.9 Å². The lowest BCUT2D eigenvalue weighted by Gasteiger charge is -2.12. The number of fused-ring (bicyclic) bond motifs is 1. The van der Waals surface area contributed by atoms with Crippen molar-refractivity contribution in [2.45, 2.75) is 23.9 Å². The van der Waals surface area contributed by atoms with Gasteiger partial charge in [-0.1, -0.05) is 42.1 Å². The van der Waals surface area contributed by atoms with Crippen LogP contribution in [0.4, 0.5) is 8.78 Å². The third-order valence-electron chi connectivity index (χ3n) is 4.36. The highest BCUT2D eigenvalue weighted by molar-refractivity contribution is 7.98. The molecule has 4 aromatic rings. The number of thiophene rings is 1. The molecule has 0 saturated carbocycles. The second-order valence-corrected chi connectivity index (χ2v) is 8.10. The van der Waals surface area contributed by atoms with E-state index in [4.69, 9.17) is 0 Å². The van der Waals surface area contributed by atoms with E-state index in [1.807, 2.05) is 35.7 Å². The zero-order valence-electron chi connectivity index (χ0n) is 14.8. The maximum absolute atomic E-state index is 14.0. The van der Waals surface area contributed by atoms with Gasteiger partial charge in [0.05, 0.1) is 5.52 Å². The van der Waals surface area contributed by atoms with Crippen LogP contribution in [0.1, 0.15) is 11.1 Å². The number of rotatable bonds is 6. The number of aryl methyl sites for hydroxylation is 1. The van der Waals surface area contributed by atoms with Crippen LogP contribution in [0.2, 0.25) is 0 Å². The Balaban J connectivity index is 1.65. The van der Waals surface area contributed by atoms with E-state index in [0.29, 0.717) is 28.3 Å². The number of benzene rings is 2. The van der Waals surface area contributed by atoms with Gasteiger partial charge in [0, 0.05) is 17.9 Å². The van der Waals surface area contributed by atoms with Gasteiger partial charge >= 0.3 is 0 Å². The average Bonchev–Trinajstić information content (AvgIpc) is 3.18. The molecule has 0 N–H and O–H groups in total. The number of hydrogen-bond donors (Lipinski definition) is 0. The summed E-state index contributed by atoms with van der Waals surface area (Å²) in [7, 11) is 0. The van der Waals surface area contributed by atoms with Crippen LogP contribution in [0, 0.1) is 11.6 Å². The first-order chi connectivity index (χ1) is 13.6. The summed E-state index contributed by atoms with van der Waals surface area (Å²) in [5.41, 5.74) is 1.90. The highest BCUT2D eigenvalue weighted by Gasteiger charge is 2.14. The molecule has 7 heteroatoms. The summed E-state index contributed by atoms with van der Waals surface area (Å²) in [6.07, 6.45) is 0.682. The van der Waals surface area contributed by atoms with Gasteiger partial charge < -0.3 is 0 Å². The lowest BCUT2D eigenvalue weighted by Crippen LogP contribution is -2.23. The molecule has 28 heavy (non-hydrogen) atoms. The molecule has 4 rings (SSSR count). The third-order valence-corrected chi connectivity index (χ3v) is 6.28. The van der Waals surface area contributed by atoms with Gasteiger partial charge in [-0.05, 0) is 41.6 Å². The van der Waals surface area contributed by atoms with Crippen molar-refractivity contribution in [3.8, 4) is 0 Å². The van der Waals surface area contributed by atoms with Gasteiger partial charge in [-0.2, -0.15) is 0 Å². The number of nitrogens with zero attached hydrogens (tertiary/aromatic N) is 2. The molecule has 0 aliphatic rings.